The predicted molar refractivity (Wildman–Crippen MR) is 129 cm³/mol. The third kappa shape index (κ3) is 2.98. The lowest BCUT2D eigenvalue weighted by Crippen LogP contribution is -1.80. The Hall–Kier alpha value is -1.79. The van der Waals surface area contributed by atoms with Crippen LogP contribution in [-0.4, -0.2) is 4.98 Å². The summed E-state index contributed by atoms with van der Waals surface area (Å²) in [6.45, 7) is 8.91. The van der Waals surface area contributed by atoms with Crippen molar-refractivity contribution in [3.05, 3.63) is 62.1 Å². The van der Waals surface area contributed by atoms with Crippen LogP contribution in [0.3, 0.4) is 0 Å². The van der Waals surface area contributed by atoms with Crippen LogP contribution in [0.1, 0.15) is 19.5 Å². The Morgan fingerprint density at radius 3 is 2.07 bits per heavy atom. The fourth-order valence-electron chi connectivity index (χ4n) is 3.69. The molecule has 5 heteroatoms. The molecule has 0 atom stereocenters. The smallest absolute Gasteiger partial charge is 0.0802 e. The Kier molecular flexibility index (Phi) is 4.51. The molecular formula is C23H19NS4. The normalized spacial score (nSPS) is 11.6. The van der Waals surface area contributed by atoms with Crippen molar-refractivity contribution in [2.75, 3.05) is 0 Å². The molecule has 140 valence electrons. The summed E-state index contributed by atoms with van der Waals surface area (Å²) in [6, 6.07) is 13.2. The first-order valence-corrected chi connectivity index (χ1v) is 12.4. The Labute approximate surface area is 181 Å². The van der Waals surface area contributed by atoms with Crippen LogP contribution in [0.4, 0.5) is 0 Å². The van der Waals surface area contributed by atoms with Crippen LogP contribution < -0.4 is 0 Å². The molecule has 0 unspecified atom stereocenters. The summed E-state index contributed by atoms with van der Waals surface area (Å²) in [4.78, 5) is 12.8. The van der Waals surface area contributed by atoms with Crippen molar-refractivity contribution in [3.63, 3.8) is 0 Å². The van der Waals surface area contributed by atoms with Crippen molar-refractivity contribution in [1.29, 1.82) is 0 Å². The number of pyridine rings is 1. The highest BCUT2D eigenvalue weighted by Crippen LogP contribution is 2.52. The average molecular weight is 438 g/mol. The van der Waals surface area contributed by atoms with E-state index in [-0.39, 0.29) is 0 Å². The molecule has 5 rings (SSSR count). The first-order valence-electron chi connectivity index (χ1n) is 9.14. The third-order valence-electron chi connectivity index (χ3n) is 4.88. The minimum Gasteiger partial charge on any atom is -0.255 e. The zero-order chi connectivity index (χ0) is 19.4. The quantitative estimate of drug-likeness (QED) is 0.275. The number of hydrogen-bond donors (Lipinski definition) is 0. The molecular weight excluding hydrogens is 419 g/mol. The molecule has 0 bridgehead atoms. The van der Waals surface area contributed by atoms with Gasteiger partial charge in [0.15, 0.2) is 0 Å². The molecule has 0 saturated carbocycles. The van der Waals surface area contributed by atoms with Crippen LogP contribution in [0.2, 0.25) is 0 Å². The van der Waals surface area contributed by atoms with Gasteiger partial charge in [0, 0.05) is 46.4 Å². The van der Waals surface area contributed by atoms with Gasteiger partial charge in [-0.3, -0.25) is 4.98 Å². The molecule has 0 amide bonds. The molecule has 0 aliphatic carbocycles. The summed E-state index contributed by atoms with van der Waals surface area (Å²) < 4.78 is 2.76. The first kappa shape index (κ1) is 18.3. The van der Waals surface area contributed by atoms with Gasteiger partial charge in [0.1, 0.15) is 0 Å². The maximum absolute atomic E-state index is 4.56. The number of thiophene rings is 4. The van der Waals surface area contributed by atoms with E-state index in [4.69, 9.17) is 0 Å². The SMILES string of the molecule is Cc1cc(-c2sc3cc(-c4ccccn4)sc3c2-c2cc(C)sc2C)c(C)s1. The molecule has 0 aliphatic heterocycles. The zero-order valence-corrected chi connectivity index (χ0v) is 19.4. The Morgan fingerprint density at radius 2 is 1.46 bits per heavy atom. The molecule has 0 spiro atoms. The third-order valence-corrected chi connectivity index (χ3v) is 9.28. The van der Waals surface area contributed by atoms with E-state index in [1.165, 1.54) is 55.4 Å². The maximum Gasteiger partial charge on any atom is 0.0802 e. The van der Waals surface area contributed by atoms with E-state index in [0.29, 0.717) is 0 Å². The van der Waals surface area contributed by atoms with Gasteiger partial charge in [-0.1, -0.05) is 6.07 Å². The van der Waals surface area contributed by atoms with Crippen LogP contribution in [0.5, 0.6) is 0 Å². The lowest BCUT2D eigenvalue weighted by Gasteiger charge is -2.04. The highest BCUT2D eigenvalue weighted by atomic mass is 32.1. The minimum atomic E-state index is 1.06. The molecule has 5 aromatic rings. The molecule has 5 heterocycles. The van der Waals surface area contributed by atoms with Crippen molar-refractivity contribution >= 4 is 54.7 Å². The molecule has 0 aromatic carbocycles. The molecule has 1 nitrogen and oxygen atoms in total. The van der Waals surface area contributed by atoms with Crippen LogP contribution in [0.25, 0.3) is 41.5 Å². The van der Waals surface area contributed by atoms with E-state index >= 15 is 0 Å². The van der Waals surface area contributed by atoms with E-state index in [2.05, 4.69) is 63.0 Å². The molecule has 5 aromatic heterocycles. The molecule has 0 fully saturated rings. The summed E-state index contributed by atoms with van der Waals surface area (Å²) in [5.41, 5.74) is 5.26. The van der Waals surface area contributed by atoms with Gasteiger partial charge >= 0.3 is 0 Å². The summed E-state index contributed by atoms with van der Waals surface area (Å²) in [5.74, 6) is 0. The van der Waals surface area contributed by atoms with E-state index in [9.17, 15) is 0 Å². The van der Waals surface area contributed by atoms with E-state index < -0.39 is 0 Å². The lowest BCUT2D eigenvalue weighted by molar-refractivity contribution is 1.34. The molecule has 0 radical (unpaired) electrons. The minimum absolute atomic E-state index is 1.06. The number of aryl methyl sites for hydroxylation is 4. The summed E-state index contributed by atoms with van der Waals surface area (Å²) in [6.07, 6.45) is 1.87. The van der Waals surface area contributed by atoms with Gasteiger partial charge in [-0.2, -0.15) is 0 Å². The largest absolute Gasteiger partial charge is 0.255 e. The van der Waals surface area contributed by atoms with Crippen LogP contribution in [0, 0.1) is 27.7 Å². The van der Waals surface area contributed by atoms with Gasteiger partial charge in [0.2, 0.25) is 0 Å². The molecule has 0 N–H and O–H groups in total. The second-order valence-corrected chi connectivity index (χ2v) is 12.0. The fraction of sp³-hybridized carbons (Fsp3) is 0.174. The van der Waals surface area contributed by atoms with Gasteiger partial charge in [-0.05, 0) is 63.6 Å². The molecule has 28 heavy (non-hydrogen) atoms. The van der Waals surface area contributed by atoms with E-state index in [1.54, 1.807) is 0 Å². The Bertz CT molecular complexity index is 1300. The highest BCUT2D eigenvalue weighted by molar-refractivity contribution is 7.32. The fourth-order valence-corrected chi connectivity index (χ4v) is 8.33. The number of aromatic nitrogens is 1. The Morgan fingerprint density at radius 1 is 0.750 bits per heavy atom. The second kappa shape index (κ2) is 6.92. The monoisotopic (exact) mass is 437 g/mol. The van der Waals surface area contributed by atoms with Crippen molar-refractivity contribution in [1.82, 2.24) is 4.98 Å². The van der Waals surface area contributed by atoms with Crippen molar-refractivity contribution in [3.8, 4) is 32.1 Å². The second-order valence-electron chi connectivity index (χ2n) is 6.98. The molecule has 0 saturated heterocycles. The topological polar surface area (TPSA) is 12.9 Å². The van der Waals surface area contributed by atoms with E-state index in [0.717, 1.165) is 5.69 Å². The van der Waals surface area contributed by atoms with Crippen LogP contribution >= 0.6 is 45.3 Å². The van der Waals surface area contributed by atoms with Crippen molar-refractivity contribution in [2.24, 2.45) is 0 Å². The Balaban J connectivity index is 1.80. The highest BCUT2D eigenvalue weighted by Gasteiger charge is 2.23. The molecule has 0 aliphatic rings. The van der Waals surface area contributed by atoms with Gasteiger partial charge in [0.05, 0.1) is 15.3 Å². The summed E-state index contributed by atoms with van der Waals surface area (Å²) in [7, 11) is 0. The number of fused-ring (bicyclic) bond motifs is 1. The average Bonchev–Trinajstić information content (AvgIpc) is 3.38. The van der Waals surface area contributed by atoms with Gasteiger partial charge < -0.3 is 0 Å². The van der Waals surface area contributed by atoms with Crippen molar-refractivity contribution in [2.45, 2.75) is 27.7 Å². The van der Waals surface area contributed by atoms with Gasteiger partial charge in [-0.25, -0.2) is 0 Å². The standard InChI is InChI=1S/C23H19NS4/c1-12-9-16(14(3)25-12)21-22(17-10-13(2)26-15(17)4)28-20-11-19(27-23(20)21)18-7-5-6-8-24-18/h5-11H,1-4H3. The van der Waals surface area contributed by atoms with Crippen LogP contribution in [-0.2, 0) is 0 Å². The number of hydrogen-bond acceptors (Lipinski definition) is 5. The summed E-state index contributed by atoms with van der Waals surface area (Å²) in [5, 5.41) is 0. The van der Waals surface area contributed by atoms with Gasteiger partial charge in [0.25, 0.3) is 0 Å². The lowest BCUT2D eigenvalue weighted by atomic mass is 10.0. The van der Waals surface area contributed by atoms with E-state index in [1.807, 2.05) is 57.6 Å². The number of nitrogens with zero attached hydrogens (tertiary/aromatic N) is 1. The van der Waals surface area contributed by atoms with Crippen LogP contribution in [0.15, 0.2) is 42.6 Å². The zero-order valence-electron chi connectivity index (χ0n) is 16.1. The first-order chi connectivity index (χ1) is 13.5. The maximum atomic E-state index is 4.56. The predicted octanol–water partition coefficient (Wildman–Crippen LogP) is 8.72. The number of rotatable bonds is 3. The summed E-state index contributed by atoms with van der Waals surface area (Å²) >= 11 is 7.59. The van der Waals surface area contributed by atoms with Crippen molar-refractivity contribution < 1.29 is 0 Å². The van der Waals surface area contributed by atoms with Gasteiger partial charge in [-0.15, -0.1) is 45.3 Å².